The van der Waals surface area contributed by atoms with Crippen LogP contribution in [-0.4, -0.2) is 24.5 Å². The zero-order valence-electron chi connectivity index (χ0n) is 13.1. The Labute approximate surface area is 145 Å². The Balaban J connectivity index is 1.74. The second-order valence-electron chi connectivity index (χ2n) is 5.28. The molecular weight excluding hydrogens is 340 g/mol. The third-order valence-electron chi connectivity index (χ3n) is 3.47. The van der Waals surface area contributed by atoms with Gasteiger partial charge in [-0.05, 0) is 23.8 Å². The van der Waals surface area contributed by atoms with Crippen LogP contribution in [0.2, 0.25) is 0 Å². The predicted octanol–water partition coefficient (Wildman–Crippen LogP) is 2.14. The normalized spacial score (nSPS) is 11.2. The fourth-order valence-electron chi connectivity index (χ4n) is 2.18. The Kier molecular flexibility index (Phi) is 4.92. The van der Waals surface area contributed by atoms with E-state index in [0.717, 1.165) is 5.56 Å². The minimum Gasteiger partial charge on any atom is -0.319 e. The lowest BCUT2D eigenvalue weighted by atomic mass is 10.2. The molecule has 2 aromatic carbocycles. The van der Waals surface area contributed by atoms with Crippen LogP contribution >= 0.6 is 0 Å². The molecule has 0 aliphatic heterocycles. The first-order chi connectivity index (χ1) is 12.0. The number of sulfonamides is 1. The average molecular weight is 356 g/mol. The van der Waals surface area contributed by atoms with E-state index in [1.54, 1.807) is 6.07 Å². The average Bonchev–Trinajstić information content (AvgIpc) is 3.14. The number of anilines is 1. The molecule has 1 heterocycles. The quantitative estimate of drug-likeness (QED) is 0.629. The van der Waals surface area contributed by atoms with Crippen molar-refractivity contribution in [2.45, 2.75) is 11.4 Å². The number of hydrogen-bond acceptors (Lipinski definition) is 4. The van der Waals surface area contributed by atoms with Crippen molar-refractivity contribution < 1.29 is 13.2 Å². The summed E-state index contributed by atoms with van der Waals surface area (Å²) in [5.74, 6) is -0.415. The number of aromatic nitrogens is 2. The molecule has 128 valence electrons. The third-order valence-corrected chi connectivity index (χ3v) is 4.87. The summed E-state index contributed by atoms with van der Waals surface area (Å²) in [5, 5.41) is 8.94. The van der Waals surface area contributed by atoms with Crippen molar-refractivity contribution in [1.29, 1.82) is 0 Å². The summed E-state index contributed by atoms with van der Waals surface area (Å²) in [6.07, 6.45) is 2.99. The highest BCUT2D eigenvalue weighted by atomic mass is 32.2. The molecule has 0 saturated heterocycles. The van der Waals surface area contributed by atoms with E-state index in [1.807, 2.05) is 30.3 Å². The smallest absolute Gasteiger partial charge is 0.255 e. The van der Waals surface area contributed by atoms with E-state index in [2.05, 4.69) is 20.2 Å². The highest BCUT2D eigenvalue weighted by Crippen LogP contribution is 2.14. The fourth-order valence-corrected chi connectivity index (χ4v) is 3.25. The van der Waals surface area contributed by atoms with Gasteiger partial charge in [0, 0.05) is 18.3 Å². The number of carbonyl (C=O) groups is 1. The molecule has 0 aliphatic rings. The van der Waals surface area contributed by atoms with Crippen molar-refractivity contribution in [3.8, 4) is 0 Å². The Morgan fingerprint density at radius 2 is 1.88 bits per heavy atom. The van der Waals surface area contributed by atoms with Crippen molar-refractivity contribution in [1.82, 2.24) is 14.9 Å². The molecular formula is C17H16N4O3S. The first kappa shape index (κ1) is 16.9. The second kappa shape index (κ2) is 7.29. The van der Waals surface area contributed by atoms with Crippen LogP contribution in [0.1, 0.15) is 15.9 Å². The largest absolute Gasteiger partial charge is 0.319 e. The van der Waals surface area contributed by atoms with Gasteiger partial charge in [-0.15, -0.1) is 0 Å². The van der Waals surface area contributed by atoms with E-state index in [-0.39, 0.29) is 17.0 Å². The summed E-state index contributed by atoms with van der Waals surface area (Å²) in [4.78, 5) is 12.2. The van der Waals surface area contributed by atoms with E-state index in [9.17, 15) is 13.2 Å². The van der Waals surface area contributed by atoms with Gasteiger partial charge in [0.05, 0.1) is 16.8 Å². The molecule has 8 heteroatoms. The number of carbonyl (C=O) groups excluding carboxylic acids is 1. The van der Waals surface area contributed by atoms with Gasteiger partial charge < -0.3 is 5.32 Å². The fraction of sp³-hybridized carbons (Fsp3) is 0.0588. The third kappa shape index (κ3) is 4.31. The number of H-pyrrole nitrogens is 1. The number of rotatable bonds is 6. The second-order valence-corrected chi connectivity index (χ2v) is 7.05. The van der Waals surface area contributed by atoms with Crippen LogP contribution in [0.3, 0.4) is 0 Å². The lowest BCUT2D eigenvalue weighted by molar-refractivity contribution is 0.102. The summed E-state index contributed by atoms with van der Waals surface area (Å²) in [7, 11) is -3.73. The van der Waals surface area contributed by atoms with Crippen molar-refractivity contribution in [2.75, 3.05) is 5.32 Å². The molecule has 3 rings (SSSR count). The van der Waals surface area contributed by atoms with Gasteiger partial charge in [0.15, 0.2) is 0 Å². The van der Waals surface area contributed by atoms with Gasteiger partial charge in [0.25, 0.3) is 5.91 Å². The van der Waals surface area contributed by atoms with Crippen LogP contribution in [0.15, 0.2) is 71.9 Å². The summed E-state index contributed by atoms with van der Waals surface area (Å²) >= 11 is 0. The minimum absolute atomic E-state index is 0.0308. The molecule has 0 atom stereocenters. The van der Waals surface area contributed by atoms with Crippen LogP contribution in [0.25, 0.3) is 0 Å². The summed E-state index contributed by atoms with van der Waals surface area (Å²) in [6.45, 7) is 0.175. The molecule has 3 N–H and O–H groups in total. The summed E-state index contributed by atoms with van der Waals surface area (Å²) in [6, 6.07) is 15.1. The van der Waals surface area contributed by atoms with Gasteiger partial charge in [-0.3, -0.25) is 9.89 Å². The van der Waals surface area contributed by atoms with Crippen LogP contribution in [0.4, 0.5) is 5.69 Å². The van der Waals surface area contributed by atoms with Gasteiger partial charge in [-0.2, -0.15) is 5.10 Å². The van der Waals surface area contributed by atoms with E-state index in [1.165, 1.54) is 30.6 Å². The van der Waals surface area contributed by atoms with Crippen LogP contribution in [0, 0.1) is 0 Å². The highest BCUT2D eigenvalue weighted by molar-refractivity contribution is 7.89. The van der Waals surface area contributed by atoms with Crippen LogP contribution in [0.5, 0.6) is 0 Å². The zero-order valence-corrected chi connectivity index (χ0v) is 14.0. The molecule has 0 aliphatic carbocycles. The predicted molar refractivity (Wildman–Crippen MR) is 93.5 cm³/mol. The van der Waals surface area contributed by atoms with Gasteiger partial charge in [0.2, 0.25) is 10.0 Å². The molecule has 3 aromatic rings. The SMILES string of the molecule is O=C(Nc1cn[nH]c1)c1cccc(S(=O)(=O)NCc2ccccc2)c1. The van der Waals surface area contributed by atoms with E-state index in [4.69, 9.17) is 0 Å². The molecule has 1 amide bonds. The van der Waals surface area contributed by atoms with E-state index in [0.29, 0.717) is 5.69 Å². The molecule has 0 radical (unpaired) electrons. The van der Waals surface area contributed by atoms with Gasteiger partial charge in [-0.1, -0.05) is 36.4 Å². The first-order valence-corrected chi connectivity index (χ1v) is 8.97. The Hall–Kier alpha value is -2.97. The lowest BCUT2D eigenvalue weighted by Crippen LogP contribution is -2.23. The molecule has 0 fully saturated rings. The minimum atomic E-state index is -3.73. The zero-order chi connectivity index (χ0) is 17.7. The summed E-state index contributed by atoms with van der Waals surface area (Å²) < 4.78 is 27.4. The molecule has 7 nitrogen and oxygen atoms in total. The number of hydrogen-bond donors (Lipinski definition) is 3. The van der Waals surface area contributed by atoms with Crippen molar-refractivity contribution in [3.05, 3.63) is 78.1 Å². The molecule has 0 spiro atoms. The molecule has 0 bridgehead atoms. The van der Waals surface area contributed by atoms with E-state index < -0.39 is 15.9 Å². The van der Waals surface area contributed by atoms with Crippen molar-refractivity contribution in [3.63, 3.8) is 0 Å². The maximum Gasteiger partial charge on any atom is 0.255 e. The van der Waals surface area contributed by atoms with Crippen molar-refractivity contribution in [2.24, 2.45) is 0 Å². The monoisotopic (exact) mass is 356 g/mol. The number of amides is 1. The van der Waals surface area contributed by atoms with Gasteiger partial charge in [0.1, 0.15) is 0 Å². The van der Waals surface area contributed by atoms with Crippen LogP contribution in [-0.2, 0) is 16.6 Å². The van der Waals surface area contributed by atoms with Crippen LogP contribution < -0.4 is 10.0 Å². The standard InChI is InChI=1S/C17H16N4O3S/c22-17(21-15-11-18-19-12-15)14-7-4-8-16(9-14)25(23,24)20-10-13-5-2-1-3-6-13/h1-9,11-12,20H,10H2,(H,18,19)(H,21,22). The Morgan fingerprint density at radius 1 is 1.08 bits per heavy atom. The number of nitrogens with zero attached hydrogens (tertiary/aromatic N) is 1. The molecule has 1 aromatic heterocycles. The van der Waals surface area contributed by atoms with Gasteiger partial charge >= 0.3 is 0 Å². The maximum atomic E-state index is 12.4. The summed E-state index contributed by atoms with van der Waals surface area (Å²) in [5.41, 5.74) is 1.59. The lowest BCUT2D eigenvalue weighted by Gasteiger charge is -2.08. The topological polar surface area (TPSA) is 104 Å². The highest BCUT2D eigenvalue weighted by Gasteiger charge is 2.16. The van der Waals surface area contributed by atoms with Gasteiger partial charge in [-0.25, -0.2) is 13.1 Å². The molecule has 0 unspecified atom stereocenters. The number of aromatic amines is 1. The first-order valence-electron chi connectivity index (χ1n) is 7.48. The number of nitrogens with one attached hydrogen (secondary N) is 3. The Bertz CT molecular complexity index is 955. The van der Waals surface area contributed by atoms with E-state index >= 15 is 0 Å². The molecule has 0 saturated carbocycles. The molecule has 25 heavy (non-hydrogen) atoms. The Morgan fingerprint density at radius 3 is 2.60 bits per heavy atom. The van der Waals surface area contributed by atoms with Crippen molar-refractivity contribution >= 4 is 21.6 Å². The maximum absolute atomic E-state index is 12.4. The number of benzene rings is 2.